The summed E-state index contributed by atoms with van der Waals surface area (Å²) in [5.41, 5.74) is 3.49. The summed E-state index contributed by atoms with van der Waals surface area (Å²) < 4.78 is 19.6. The predicted molar refractivity (Wildman–Crippen MR) is 124 cm³/mol. The maximum atomic E-state index is 12.9. The summed E-state index contributed by atoms with van der Waals surface area (Å²) in [6, 6.07) is 18.7. The van der Waals surface area contributed by atoms with Gasteiger partial charge in [-0.05, 0) is 55.0 Å². The SMILES string of the molecule is Cc1ccc2nc(COc3ccc(C(=O)N(C)C[C@@H]4COc5ccccc5O4)cc3)cn2c1. The van der Waals surface area contributed by atoms with Crippen molar-refractivity contribution in [1.29, 1.82) is 0 Å². The lowest BCUT2D eigenvalue weighted by Crippen LogP contribution is -2.41. The first kappa shape index (κ1) is 20.9. The number of para-hydroxylation sites is 2. The van der Waals surface area contributed by atoms with Gasteiger partial charge in [0.25, 0.3) is 5.91 Å². The highest BCUT2D eigenvalue weighted by Crippen LogP contribution is 2.31. The van der Waals surface area contributed by atoms with E-state index >= 15 is 0 Å². The molecule has 0 spiro atoms. The van der Waals surface area contributed by atoms with Gasteiger partial charge in [-0.25, -0.2) is 4.98 Å². The Kier molecular flexibility index (Phi) is 5.60. The van der Waals surface area contributed by atoms with Gasteiger partial charge in [0, 0.05) is 25.0 Å². The number of carbonyl (C=O) groups excluding carboxylic acids is 1. The van der Waals surface area contributed by atoms with Crippen LogP contribution in [0.3, 0.4) is 0 Å². The summed E-state index contributed by atoms with van der Waals surface area (Å²) in [6.45, 7) is 3.24. The van der Waals surface area contributed by atoms with Crippen LogP contribution >= 0.6 is 0 Å². The van der Waals surface area contributed by atoms with Gasteiger partial charge in [0.1, 0.15) is 24.6 Å². The van der Waals surface area contributed by atoms with Crippen molar-refractivity contribution < 1.29 is 19.0 Å². The number of nitrogens with zero attached hydrogens (tertiary/aromatic N) is 3. The van der Waals surface area contributed by atoms with E-state index < -0.39 is 0 Å². The Bertz CT molecular complexity index is 1280. The fourth-order valence-corrected chi connectivity index (χ4v) is 3.84. The van der Waals surface area contributed by atoms with Gasteiger partial charge in [-0.15, -0.1) is 0 Å². The van der Waals surface area contributed by atoms with Crippen molar-refractivity contribution in [3.8, 4) is 17.2 Å². The maximum Gasteiger partial charge on any atom is 0.253 e. The van der Waals surface area contributed by atoms with E-state index in [1.54, 1.807) is 36.2 Å². The van der Waals surface area contributed by atoms with Crippen LogP contribution in [0, 0.1) is 6.92 Å². The first-order valence-corrected chi connectivity index (χ1v) is 10.9. The molecule has 2 aromatic carbocycles. The third-order valence-corrected chi connectivity index (χ3v) is 5.53. The van der Waals surface area contributed by atoms with E-state index in [0.717, 1.165) is 17.1 Å². The molecule has 0 fully saturated rings. The van der Waals surface area contributed by atoms with E-state index in [2.05, 4.69) is 4.98 Å². The standard InChI is InChI=1S/C26H25N3O4/c1-18-7-12-25-27-20(14-29(25)13-18)16-31-21-10-8-19(9-11-21)26(30)28(2)15-22-17-32-23-5-3-4-6-24(23)33-22/h3-14,22H,15-17H2,1-2H3/t22-/m1/s1. The topological polar surface area (TPSA) is 65.3 Å². The van der Waals surface area contributed by atoms with E-state index in [1.807, 2.05) is 60.1 Å². The van der Waals surface area contributed by atoms with Crippen molar-refractivity contribution in [2.24, 2.45) is 0 Å². The summed E-state index contributed by atoms with van der Waals surface area (Å²) in [7, 11) is 1.77. The number of amides is 1. The van der Waals surface area contributed by atoms with Crippen molar-refractivity contribution in [2.45, 2.75) is 19.6 Å². The normalized spacial score (nSPS) is 14.8. The number of benzene rings is 2. The predicted octanol–water partition coefficient (Wildman–Crippen LogP) is 4.13. The Balaban J connectivity index is 1.16. The first-order valence-electron chi connectivity index (χ1n) is 10.9. The number of rotatable bonds is 6. The number of imidazole rings is 1. The number of likely N-dealkylation sites (N-methyl/N-ethyl adjacent to an activating group) is 1. The van der Waals surface area contributed by atoms with Crippen LogP contribution in [0.1, 0.15) is 21.6 Å². The van der Waals surface area contributed by atoms with Gasteiger partial charge in [-0.1, -0.05) is 18.2 Å². The average molecular weight is 444 g/mol. The minimum absolute atomic E-state index is 0.0836. The highest BCUT2D eigenvalue weighted by molar-refractivity contribution is 5.94. The Labute approximate surface area is 192 Å². The number of hydrogen-bond acceptors (Lipinski definition) is 5. The molecule has 0 radical (unpaired) electrons. The van der Waals surface area contributed by atoms with Crippen molar-refractivity contribution >= 4 is 11.6 Å². The average Bonchev–Trinajstić information content (AvgIpc) is 3.24. The van der Waals surface area contributed by atoms with Crippen LogP contribution in [-0.2, 0) is 6.61 Å². The quantitative estimate of drug-likeness (QED) is 0.448. The second kappa shape index (κ2) is 8.86. The number of fused-ring (bicyclic) bond motifs is 2. The third-order valence-electron chi connectivity index (χ3n) is 5.53. The molecule has 3 heterocycles. The molecule has 0 saturated carbocycles. The van der Waals surface area contributed by atoms with Crippen molar-refractivity contribution in [3.05, 3.63) is 89.9 Å². The monoisotopic (exact) mass is 443 g/mol. The molecule has 0 N–H and O–H groups in total. The molecule has 1 amide bonds. The summed E-state index contributed by atoms with van der Waals surface area (Å²) in [6.07, 6.45) is 3.78. The fourth-order valence-electron chi connectivity index (χ4n) is 3.84. The van der Waals surface area contributed by atoms with E-state index in [1.165, 1.54) is 5.56 Å². The molecular weight excluding hydrogens is 418 g/mol. The molecule has 1 aliphatic heterocycles. The second-order valence-corrected chi connectivity index (χ2v) is 8.20. The molecule has 7 heteroatoms. The Morgan fingerprint density at radius 3 is 2.70 bits per heavy atom. The largest absolute Gasteiger partial charge is 0.487 e. The lowest BCUT2D eigenvalue weighted by molar-refractivity contribution is 0.0521. The minimum atomic E-state index is -0.217. The van der Waals surface area contributed by atoms with Gasteiger partial charge in [-0.2, -0.15) is 0 Å². The molecule has 0 unspecified atom stereocenters. The molecule has 33 heavy (non-hydrogen) atoms. The number of aromatic nitrogens is 2. The van der Waals surface area contributed by atoms with Crippen LogP contribution in [0.5, 0.6) is 17.2 Å². The Hall–Kier alpha value is -4.00. The van der Waals surface area contributed by atoms with Crippen LogP contribution in [0.2, 0.25) is 0 Å². The summed E-state index contributed by atoms with van der Waals surface area (Å²) in [5.74, 6) is 2.04. The summed E-state index contributed by atoms with van der Waals surface area (Å²) in [4.78, 5) is 19.1. The lowest BCUT2D eigenvalue weighted by Gasteiger charge is -2.29. The highest BCUT2D eigenvalue weighted by atomic mass is 16.6. The number of aryl methyl sites for hydroxylation is 1. The zero-order chi connectivity index (χ0) is 22.8. The van der Waals surface area contributed by atoms with E-state index in [4.69, 9.17) is 14.2 Å². The van der Waals surface area contributed by atoms with E-state index in [-0.39, 0.29) is 12.0 Å². The van der Waals surface area contributed by atoms with Crippen LogP contribution in [-0.4, -0.2) is 46.5 Å². The molecule has 1 aliphatic rings. The molecule has 0 aliphatic carbocycles. The Morgan fingerprint density at radius 1 is 1.09 bits per heavy atom. The smallest absolute Gasteiger partial charge is 0.253 e. The molecule has 2 aromatic heterocycles. The van der Waals surface area contributed by atoms with Gasteiger partial charge in [-0.3, -0.25) is 4.79 Å². The van der Waals surface area contributed by atoms with Crippen molar-refractivity contribution in [3.63, 3.8) is 0 Å². The minimum Gasteiger partial charge on any atom is -0.487 e. The van der Waals surface area contributed by atoms with E-state index in [9.17, 15) is 4.79 Å². The van der Waals surface area contributed by atoms with Gasteiger partial charge in [0.15, 0.2) is 17.6 Å². The fraction of sp³-hybridized carbons (Fsp3) is 0.231. The third kappa shape index (κ3) is 4.62. The molecule has 168 valence electrons. The molecule has 0 saturated heterocycles. The van der Waals surface area contributed by atoms with Crippen LogP contribution < -0.4 is 14.2 Å². The van der Waals surface area contributed by atoms with Gasteiger partial charge >= 0.3 is 0 Å². The highest BCUT2D eigenvalue weighted by Gasteiger charge is 2.24. The van der Waals surface area contributed by atoms with Gasteiger partial charge in [0.2, 0.25) is 0 Å². The molecule has 5 rings (SSSR count). The van der Waals surface area contributed by atoms with Crippen molar-refractivity contribution in [1.82, 2.24) is 14.3 Å². The molecule has 7 nitrogen and oxygen atoms in total. The van der Waals surface area contributed by atoms with Crippen LogP contribution in [0.25, 0.3) is 5.65 Å². The summed E-state index contributed by atoms with van der Waals surface area (Å²) in [5, 5.41) is 0. The first-order chi connectivity index (χ1) is 16.0. The van der Waals surface area contributed by atoms with E-state index in [0.29, 0.717) is 36.8 Å². The molecule has 0 bridgehead atoms. The summed E-state index contributed by atoms with van der Waals surface area (Å²) >= 11 is 0. The number of carbonyl (C=O) groups is 1. The van der Waals surface area contributed by atoms with Gasteiger partial charge < -0.3 is 23.5 Å². The zero-order valence-corrected chi connectivity index (χ0v) is 18.6. The van der Waals surface area contributed by atoms with Crippen LogP contribution in [0.4, 0.5) is 0 Å². The van der Waals surface area contributed by atoms with Gasteiger partial charge in [0.05, 0.1) is 12.2 Å². The number of pyridine rings is 1. The Morgan fingerprint density at radius 2 is 1.88 bits per heavy atom. The molecule has 1 atom stereocenters. The molecule has 4 aromatic rings. The van der Waals surface area contributed by atoms with Crippen molar-refractivity contribution in [2.75, 3.05) is 20.2 Å². The maximum absolute atomic E-state index is 12.9. The van der Waals surface area contributed by atoms with Crippen LogP contribution in [0.15, 0.2) is 73.1 Å². The number of hydrogen-bond donors (Lipinski definition) is 0. The zero-order valence-electron chi connectivity index (χ0n) is 18.6. The molecular formula is C26H25N3O4. The lowest BCUT2D eigenvalue weighted by atomic mass is 10.2. The number of ether oxygens (including phenoxy) is 3. The second-order valence-electron chi connectivity index (χ2n) is 8.20.